The number of aromatic nitrogens is 4. The SMILES string of the molecule is C.CCCCNc1nc(N)nc(Cl)c1CO.CCCCNc1nc(N)ncc1CO.[2HH]. The molecule has 11 heteroatoms. The number of hydrogen-bond acceptors (Lipinski definition) is 10. The first-order chi connectivity index (χ1) is 14.0. The van der Waals surface area contributed by atoms with Crippen LogP contribution in [-0.2, 0) is 13.2 Å². The first-order valence-electron chi connectivity index (χ1n) is 9.59. The molecule has 172 valence electrons. The first kappa shape index (κ1) is 27.6. The zero-order valence-corrected chi connectivity index (χ0v) is 17.7. The van der Waals surface area contributed by atoms with Crippen LogP contribution in [0, 0.1) is 0 Å². The molecule has 2 heterocycles. The molecular weight excluding hydrogens is 408 g/mol. The molecule has 0 fully saturated rings. The van der Waals surface area contributed by atoms with Crippen LogP contribution in [0.15, 0.2) is 6.20 Å². The molecule has 0 unspecified atom stereocenters. The van der Waals surface area contributed by atoms with Crippen LogP contribution in [0.1, 0.15) is 59.5 Å². The highest BCUT2D eigenvalue weighted by Gasteiger charge is 2.10. The van der Waals surface area contributed by atoms with Gasteiger partial charge in [-0.25, -0.2) is 9.97 Å². The maximum atomic E-state index is 9.10. The van der Waals surface area contributed by atoms with Crippen molar-refractivity contribution in [2.45, 2.75) is 60.2 Å². The standard InChI is InChI=1S/C9H15ClN4O.C9H16N4O.CH4.H2/c1-2-3-4-12-8-6(5-15)7(10)13-9(11)14-8;1-2-3-4-11-8-7(6-14)5-12-9(10)13-8;;/h15H,2-5H2,1H3,(H3,11,12,13,14);5,14H,2-4,6H2,1H3,(H3,10,11,12,13);1H4;1H/i;;;1+1. The summed E-state index contributed by atoms with van der Waals surface area (Å²) in [6.07, 6.45) is 5.82. The van der Waals surface area contributed by atoms with Crippen molar-refractivity contribution in [3.63, 3.8) is 0 Å². The van der Waals surface area contributed by atoms with Gasteiger partial charge in [0, 0.05) is 26.3 Å². The Morgan fingerprint density at radius 3 is 2.03 bits per heavy atom. The van der Waals surface area contributed by atoms with Gasteiger partial charge in [0.25, 0.3) is 0 Å². The molecule has 2 aromatic rings. The van der Waals surface area contributed by atoms with Gasteiger partial charge in [-0.15, -0.1) is 0 Å². The molecule has 8 N–H and O–H groups in total. The van der Waals surface area contributed by atoms with E-state index in [1.54, 1.807) is 0 Å². The lowest BCUT2D eigenvalue weighted by atomic mass is 10.3. The van der Waals surface area contributed by atoms with E-state index in [0.29, 0.717) is 22.8 Å². The zero-order chi connectivity index (χ0) is 21.6. The summed E-state index contributed by atoms with van der Waals surface area (Å²) in [6, 6.07) is 0. The fourth-order valence-electron chi connectivity index (χ4n) is 2.22. The Bertz CT molecular complexity index is 755. The molecule has 2 rings (SSSR count). The zero-order valence-electron chi connectivity index (χ0n) is 17.0. The van der Waals surface area contributed by atoms with Crippen molar-refractivity contribution < 1.29 is 11.6 Å². The molecule has 30 heavy (non-hydrogen) atoms. The lowest BCUT2D eigenvalue weighted by molar-refractivity contribution is 0.281. The second-order valence-electron chi connectivity index (χ2n) is 6.18. The van der Waals surface area contributed by atoms with Gasteiger partial charge in [-0.05, 0) is 12.8 Å². The number of halogens is 1. The van der Waals surface area contributed by atoms with Gasteiger partial charge in [0.05, 0.1) is 18.8 Å². The second-order valence-corrected chi connectivity index (χ2v) is 6.54. The number of rotatable bonds is 10. The fourth-order valence-corrected chi connectivity index (χ4v) is 2.45. The summed E-state index contributed by atoms with van der Waals surface area (Å²) in [5.41, 5.74) is 12.1. The van der Waals surface area contributed by atoms with Crippen LogP contribution in [0.4, 0.5) is 23.5 Å². The molecular formula is C19H37ClN8O2. The van der Waals surface area contributed by atoms with Crippen molar-refractivity contribution >= 4 is 35.1 Å². The summed E-state index contributed by atoms with van der Waals surface area (Å²) in [5, 5.41) is 24.5. The van der Waals surface area contributed by atoms with Crippen LogP contribution in [0.5, 0.6) is 0 Å². The van der Waals surface area contributed by atoms with E-state index in [9.17, 15) is 0 Å². The predicted molar refractivity (Wildman–Crippen MR) is 125 cm³/mol. The average Bonchev–Trinajstić information content (AvgIpc) is 2.69. The molecule has 0 atom stereocenters. The number of anilines is 4. The van der Waals surface area contributed by atoms with Gasteiger partial charge >= 0.3 is 0 Å². The van der Waals surface area contributed by atoms with E-state index in [1.165, 1.54) is 6.20 Å². The van der Waals surface area contributed by atoms with Crippen molar-refractivity contribution in [3.8, 4) is 0 Å². The molecule has 0 aromatic carbocycles. The smallest absolute Gasteiger partial charge is 0.223 e. The minimum absolute atomic E-state index is 0. The minimum Gasteiger partial charge on any atom is -0.391 e. The number of unbranched alkanes of at least 4 members (excludes halogenated alkanes) is 2. The maximum absolute atomic E-state index is 9.10. The van der Waals surface area contributed by atoms with Crippen molar-refractivity contribution in [2.75, 3.05) is 35.2 Å². The Balaban J connectivity index is 0. The third-order valence-corrected chi connectivity index (χ3v) is 4.14. The summed E-state index contributed by atoms with van der Waals surface area (Å²) in [4.78, 5) is 15.6. The van der Waals surface area contributed by atoms with E-state index in [2.05, 4.69) is 44.4 Å². The summed E-state index contributed by atoms with van der Waals surface area (Å²) in [5.74, 6) is 1.48. The highest BCUT2D eigenvalue weighted by atomic mass is 35.5. The lowest BCUT2D eigenvalue weighted by Crippen LogP contribution is -2.09. The van der Waals surface area contributed by atoms with Gasteiger partial charge in [-0.2, -0.15) is 9.97 Å². The quantitative estimate of drug-likeness (QED) is 0.236. The molecule has 0 amide bonds. The fraction of sp³-hybridized carbons (Fsp3) is 0.579. The van der Waals surface area contributed by atoms with Crippen molar-refractivity contribution in [3.05, 3.63) is 22.5 Å². The highest BCUT2D eigenvalue weighted by molar-refractivity contribution is 6.30. The summed E-state index contributed by atoms with van der Waals surface area (Å²) >= 11 is 5.82. The van der Waals surface area contributed by atoms with Crippen molar-refractivity contribution in [2.24, 2.45) is 0 Å². The predicted octanol–water partition coefficient (Wildman–Crippen LogP) is 3.06. The molecule has 10 nitrogen and oxygen atoms in total. The van der Waals surface area contributed by atoms with Crippen LogP contribution >= 0.6 is 11.6 Å². The molecule has 0 saturated carbocycles. The molecule has 2 aromatic heterocycles. The number of nitrogens with two attached hydrogens (primary N) is 2. The normalized spacial score (nSPS) is 9.90. The van der Waals surface area contributed by atoms with Crippen molar-refractivity contribution in [1.29, 1.82) is 0 Å². The topological polar surface area (TPSA) is 168 Å². The van der Waals surface area contributed by atoms with Crippen LogP contribution in [-0.4, -0.2) is 43.2 Å². The lowest BCUT2D eigenvalue weighted by Gasteiger charge is -2.10. The Labute approximate surface area is 185 Å². The highest BCUT2D eigenvalue weighted by Crippen LogP contribution is 2.21. The summed E-state index contributed by atoms with van der Waals surface area (Å²) < 4.78 is 0. The molecule has 0 saturated heterocycles. The van der Waals surface area contributed by atoms with E-state index in [-0.39, 0.29) is 39.1 Å². The third kappa shape index (κ3) is 9.38. The van der Waals surface area contributed by atoms with Crippen LogP contribution in [0.2, 0.25) is 5.15 Å². The summed E-state index contributed by atoms with van der Waals surface area (Å²) in [6.45, 7) is 5.54. The third-order valence-electron chi connectivity index (χ3n) is 3.83. The van der Waals surface area contributed by atoms with Gasteiger partial charge in [-0.3, -0.25) is 0 Å². The Morgan fingerprint density at radius 1 is 0.933 bits per heavy atom. The Hall–Kier alpha value is -2.43. The van der Waals surface area contributed by atoms with Gasteiger partial charge in [-0.1, -0.05) is 45.7 Å². The van der Waals surface area contributed by atoms with E-state index in [1.807, 2.05) is 0 Å². The number of aliphatic hydroxyl groups is 2. The molecule has 0 spiro atoms. The Morgan fingerprint density at radius 2 is 1.50 bits per heavy atom. The number of nitrogens with zero attached hydrogens (tertiary/aromatic N) is 4. The van der Waals surface area contributed by atoms with Crippen LogP contribution < -0.4 is 22.1 Å². The molecule has 0 aliphatic rings. The average molecular weight is 446 g/mol. The van der Waals surface area contributed by atoms with E-state index < -0.39 is 0 Å². The molecule has 0 bridgehead atoms. The van der Waals surface area contributed by atoms with E-state index in [0.717, 1.165) is 38.8 Å². The molecule has 0 radical (unpaired) electrons. The van der Waals surface area contributed by atoms with Gasteiger partial charge in [0.2, 0.25) is 11.9 Å². The number of hydrogen-bond donors (Lipinski definition) is 6. The van der Waals surface area contributed by atoms with Gasteiger partial charge in [0.1, 0.15) is 16.8 Å². The van der Waals surface area contributed by atoms with E-state index in [4.69, 9.17) is 33.3 Å². The van der Waals surface area contributed by atoms with Crippen LogP contribution in [0.25, 0.3) is 0 Å². The largest absolute Gasteiger partial charge is 0.391 e. The van der Waals surface area contributed by atoms with Gasteiger partial charge < -0.3 is 32.3 Å². The maximum Gasteiger partial charge on any atom is 0.223 e. The monoisotopic (exact) mass is 445 g/mol. The number of nitrogens with one attached hydrogen (secondary N) is 2. The van der Waals surface area contributed by atoms with Crippen LogP contribution in [0.3, 0.4) is 0 Å². The number of aliphatic hydroxyl groups excluding tert-OH is 2. The minimum atomic E-state index is -0.201. The molecule has 0 aliphatic heterocycles. The van der Waals surface area contributed by atoms with Gasteiger partial charge in [0.15, 0.2) is 0 Å². The first-order valence-corrected chi connectivity index (χ1v) is 9.97. The van der Waals surface area contributed by atoms with Crippen molar-refractivity contribution in [1.82, 2.24) is 19.9 Å². The number of nitrogen functional groups attached to an aromatic ring is 2. The molecule has 0 aliphatic carbocycles. The second kappa shape index (κ2) is 15.4. The van der Waals surface area contributed by atoms with E-state index >= 15 is 0 Å². The summed E-state index contributed by atoms with van der Waals surface area (Å²) in [7, 11) is 0. The Kier molecular flexibility index (Phi) is 14.2.